The van der Waals surface area contributed by atoms with E-state index in [2.05, 4.69) is 4.74 Å². The Bertz CT molecular complexity index is 493. The molecule has 0 N–H and O–H groups in total. The van der Waals surface area contributed by atoms with Crippen molar-refractivity contribution in [3.05, 3.63) is 29.3 Å². The minimum absolute atomic E-state index is 0.151. The van der Waals surface area contributed by atoms with Gasteiger partial charge < -0.3 is 4.74 Å². The zero-order valence-electron chi connectivity index (χ0n) is 9.51. The Kier molecular flexibility index (Phi) is 4.54. The number of rotatable bonds is 4. The van der Waals surface area contributed by atoms with Crippen LogP contribution in [-0.2, 0) is 19.4 Å². The molecule has 17 heavy (non-hydrogen) atoms. The van der Waals surface area contributed by atoms with Gasteiger partial charge in [0.2, 0.25) is 0 Å². The van der Waals surface area contributed by atoms with Crippen LogP contribution in [0.2, 0.25) is 5.02 Å². The molecule has 0 aliphatic heterocycles. The van der Waals surface area contributed by atoms with Crippen molar-refractivity contribution in [3.63, 3.8) is 0 Å². The van der Waals surface area contributed by atoms with Gasteiger partial charge >= 0.3 is 5.97 Å². The topological polar surface area (TPSA) is 60.4 Å². The smallest absolute Gasteiger partial charge is 0.309 e. The Morgan fingerprint density at radius 2 is 1.88 bits per heavy atom. The van der Waals surface area contributed by atoms with Crippen LogP contribution in [-0.4, -0.2) is 27.2 Å². The predicted octanol–water partition coefficient (Wildman–Crippen LogP) is 1.92. The number of hydrogen-bond donors (Lipinski definition) is 0. The summed E-state index contributed by atoms with van der Waals surface area (Å²) in [6, 6.07) is 5.83. The molecule has 6 heteroatoms. The molecule has 0 aromatic heterocycles. The molecule has 4 nitrogen and oxygen atoms in total. The predicted molar refractivity (Wildman–Crippen MR) is 64.7 cm³/mol. The Morgan fingerprint density at radius 1 is 1.35 bits per heavy atom. The summed E-state index contributed by atoms with van der Waals surface area (Å²) in [6.07, 6.45) is 0. The quantitative estimate of drug-likeness (QED) is 0.789. The van der Waals surface area contributed by atoms with Crippen molar-refractivity contribution in [2.75, 3.05) is 12.9 Å². The standard InChI is InChI=1S/C11H13ClO4S/c1-8(11(13)16-2)7-17(14,15)10-5-3-9(12)4-6-10/h3-6,8H,7H2,1-2H3. The van der Waals surface area contributed by atoms with Crippen LogP contribution in [0, 0.1) is 5.92 Å². The maximum Gasteiger partial charge on any atom is 0.309 e. The molecule has 0 aliphatic carbocycles. The van der Waals surface area contributed by atoms with Crippen molar-refractivity contribution in [1.29, 1.82) is 0 Å². The Hall–Kier alpha value is -1.07. The SMILES string of the molecule is COC(=O)C(C)CS(=O)(=O)c1ccc(Cl)cc1. The molecule has 0 saturated heterocycles. The molecule has 0 fully saturated rings. The fourth-order valence-electron chi connectivity index (χ4n) is 1.34. The van der Waals surface area contributed by atoms with Crippen LogP contribution in [0.5, 0.6) is 0 Å². The van der Waals surface area contributed by atoms with E-state index in [0.29, 0.717) is 5.02 Å². The van der Waals surface area contributed by atoms with Crippen LogP contribution < -0.4 is 0 Å². The number of hydrogen-bond acceptors (Lipinski definition) is 4. The van der Waals surface area contributed by atoms with Crippen LogP contribution in [0.4, 0.5) is 0 Å². The monoisotopic (exact) mass is 276 g/mol. The summed E-state index contributed by atoms with van der Waals surface area (Å²) < 4.78 is 28.3. The van der Waals surface area contributed by atoms with Gasteiger partial charge in [0, 0.05) is 5.02 Å². The van der Waals surface area contributed by atoms with E-state index in [1.807, 2.05) is 0 Å². The van der Waals surface area contributed by atoms with E-state index in [4.69, 9.17) is 11.6 Å². The van der Waals surface area contributed by atoms with Gasteiger partial charge in [0.05, 0.1) is 23.7 Å². The zero-order chi connectivity index (χ0) is 13.1. The normalized spacial score (nSPS) is 13.1. The lowest BCUT2D eigenvalue weighted by Gasteiger charge is -2.09. The molecule has 0 aliphatic rings. The zero-order valence-corrected chi connectivity index (χ0v) is 11.1. The van der Waals surface area contributed by atoms with Gasteiger partial charge in [0.1, 0.15) is 0 Å². The molecular formula is C11H13ClO4S. The number of sulfone groups is 1. The Labute approximate surface area is 105 Å². The second kappa shape index (κ2) is 5.51. The first kappa shape index (κ1) is 14.0. The number of methoxy groups -OCH3 is 1. The Balaban J connectivity index is 2.89. The van der Waals surface area contributed by atoms with Crippen molar-refractivity contribution in [3.8, 4) is 0 Å². The summed E-state index contributed by atoms with van der Waals surface area (Å²) >= 11 is 5.67. The lowest BCUT2D eigenvalue weighted by Crippen LogP contribution is -2.22. The minimum Gasteiger partial charge on any atom is -0.469 e. The van der Waals surface area contributed by atoms with Gasteiger partial charge in [0.25, 0.3) is 0 Å². The molecule has 1 aromatic carbocycles. The van der Waals surface area contributed by atoms with Crippen LogP contribution in [0.3, 0.4) is 0 Å². The van der Waals surface area contributed by atoms with E-state index in [0.717, 1.165) is 0 Å². The van der Waals surface area contributed by atoms with Crippen LogP contribution in [0.25, 0.3) is 0 Å². The highest BCUT2D eigenvalue weighted by atomic mass is 35.5. The highest BCUT2D eigenvalue weighted by Gasteiger charge is 2.23. The number of benzene rings is 1. The largest absolute Gasteiger partial charge is 0.469 e. The van der Waals surface area contributed by atoms with Crippen molar-refractivity contribution in [2.45, 2.75) is 11.8 Å². The highest BCUT2D eigenvalue weighted by Crippen LogP contribution is 2.17. The molecule has 0 heterocycles. The van der Waals surface area contributed by atoms with E-state index < -0.39 is 21.7 Å². The van der Waals surface area contributed by atoms with E-state index in [1.165, 1.54) is 38.3 Å². The molecule has 1 rings (SSSR count). The number of carbonyl (C=O) groups is 1. The summed E-state index contributed by atoms with van der Waals surface area (Å²) in [5.74, 6) is -1.51. The van der Waals surface area contributed by atoms with Crippen molar-refractivity contribution in [2.24, 2.45) is 5.92 Å². The summed E-state index contributed by atoms with van der Waals surface area (Å²) in [5, 5.41) is 0.463. The van der Waals surface area contributed by atoms with E-state index in [9.17, 15) is 13.2 Å². The molecular weight excluding hydrogens is 264 g/mol. The van der Waals surface area contributed by atoms with Crippen LogP contribution in [0.15, 0.2) is 29.2 Å². The highest BCUT2D eigenvalue weighted by molar-refractivity contribution is 7.91. The maximum atomic E-state index is 11.9. The molecule has 0 bridgehead atoms. The first-order chi connectivity index (χ1) is 7.86. The molecule has 0 spiro atoms. The van der Waals surface area contributed by atoms with Gasteiger partial charge in [-0.1, -0.05) is 18.5 Å². The average molecular weight is 277 g/mol. The Morgan fingerprint density at radius 3 is 2.35 bits per heavy atom. The lowest BCUT2D eigenvalue weighted by atomic mass is 10.2. The lowest BCUT2D eigenvalue weighted by molar-refractivity contribution is -0.144. The van der Waals surface area contributed by atoms with Crippen LogP contribution >= 0.6 is 11.6 Å². The van der Waals surface area contributed by atoms with E-state index in [1.54, 1.807) is 0 Å². The first-order valence-electron chi connectivity index (χ1n) is 4.93. The first-order valence-corrected chi connectivity index (χ1v) is 6.96. The van der Waals surface area contributed by atoms with Gasteiger partial charge in [0.15, 0.2) is 9.84 Å². The molecule has 0 saturated carbocycles. The summed E-state index contributed by atoms with van der Waals surface area (Å²) in [5.41, 5.74) is 0. The average Bonchev–Trinajstić information content (AvgIpc) is 2.27. The van der Waals surface area contributed by atoms with Gasteiger partial charge in [-0.2, -0.15) is 0 Å². The van der Waals surface area contributed by atoms with Gasteiger partial charge in [-0.05, 0) is 24.3 Å². The van der Waals surface area contributed by atoms with Gasteiger partial charge in [-0.15, -0.1) is 0 Å². The number of esters is 1. The summed E-state index contributed by atoms with van der Waals surface area (Å²) in [7, 11) is -2.26. The molecule has 1 aromatic rings. The number of halogens is 1. The third kappa shape index (κ3) is 3.71. The fourth-order valence-corrected chi connectivity index (χ4v) is 3.00. The van der Waals surface area contributed by atoms with E-state index in [-0.39, 0.29) is 10.6 Å². The second-order valence-electron chi connectivity index (χ2n) is 3.66. The third-order valence-corrected chi connectivity index (χ3v) is 4.43. The summed E-state index contributed by atoms with van der Waals surface area (Å²) in [4.78, 5) is 11.3. The third-order valence-electron chi connectivity index (χ3n) is 2.25. The van der Waals surface area contributed by atoms with Crippen molar-refractivity contribution >= 4 is 27.4 Å². The molecule has 1 atom stereocenters. The minimum atomic E-state index is -3.49. The number of ether oxygens (including phenoxy) is 1. The molecule has 0 radical (unpaired) electrons. The van der Waals surface area contributed by atoms with Gasteiger partial charge in [-0.3, -0.25) is 4.79 Å². The second-order valence-corrected chi connectivity index (χ2v) is 6.13. The van der Waals surface area contributed by atoms with Crippen molar-refractivity contribution < 1.29 is 17.9 Å². The maximum absolute atomic E-state index is 11.9. The summed E-state index contributed by atoms with van der Waals surface area (Å²) in [6.45, 7) is 1.51. The van der Waals surface area contributed by atoms with Gasteiger partial charge in [-0.25, -0.2) is 8.42 Å². The molecule has 94 valence electrons. The van der Waals surface area contributed by atoms with E-state index >= 15 is 0 Å². The molecule has 1 unspecified atom stereocenters. The van der Waals surface area contributed by atoms with Crippen molar-refractivity contribution in [1.82, 2.24) is 0 Å². The fraction of sp³-hybridized carbons (Fsp3) is 0.364. The van der Waals surface area contributed by atoms with Crippen LogP contribution in [0.1, 0.15) is 6.92 Å². The molecule has 0 amide bonds. The number of carbonyl (C=O) groups excluding carboxylic acids is 1.